The quantitative estimate of drug-likeness (QED) is 0.327. The van der Waals surface area contributed by atoms with Crippen LogP contribution in [0.5, 0.6) is 0 Å². The minimum atomic E-state index is -4.37. The summed E-state index contributed by atoms with van der Waals surface area (Å²) in [6, 6.07) is 4.96. The van der Waals surface area contributed by atoms with Gasteiger partial charge in [0.1, 0.15) is 0 Å². The molecule has 172 valence electrons. The number of aliphatic imine (C=N–C) groups is 1. The number of sulfone groups is 1. The Bertz CT molecular complexity index is 809. The van der Waals surface area contributed by atoms with E-state index >= 15 is 0 Å². The first-order valence-corrected chi connectivity index (χ1v) is 11.3. The Kier molecular flexibility index (Phi) is 9.87. The van der Waals surface area contributed by atoms with E-state index in [4.69, 9.17) is 4.74 Å². The summed E-state index contributed by atoms with van der Waals surface area (Å²) in [5.74, 6) is 0.502. The van der Waals surface area contributed by atoms with Crippen LogP contribution in [-0.2, 0) is 27.3 Å². The van der Waals surface area contributed by atoms with Crippen LogP contribution in [0.4, 0.5) is 13.2 Å². The van der Waals surface area contributed by atoms with E-state index in [9.17, 15) is 21.6 Å². The lowest BCUT2D eigenvalue weighted by Crippen LogP contribution is -2.47. The van der Waals surface area contributed by atoms with Crippen LogP contribution in [0.1, 0.15) is 30.9 Å². The Hall–Kier alpha value is -1.08. The Morgan fingerprint density at radius 1 is 1.23 bits per heavy atom. The lowest BCUT2D eigenvalue weighted by molar-refractivity contribution is -0.137. The third kappa shape index (κ3) is 6.98. The van der Waals surface area contributed by atoms with E-state index in [2.05, 4.69) is 10.3 Å². The van der Waals surface area contributed by atoms with E-state index in [1.54, 1.807) is 11.9 Å². The van der Waals surface area contributed by atoms with Crippen LogP contribution >= 0.6 is 24.0 Å². The predicted molar refractivity (Wildman–Crippen MR) is 122 cm³/mol. The van der Waals surface area contributed by atoms with Crippen molar-refractivity contribution in [3.8, 4) is 0 Å². The molecule has 1 aliphatic heterocycles. The molecular formula is C19H29F3IN3O3S. The van der Waals surface area contributed by atoms with E-state index in [-0.39, 0.29) is 30.5 Å². The minimum Gasteiger partial charge on any atom is -0.381 e. The third-order valence-electron chi connectivity index (χ3n) is 5.11. The molecule has 0 aliphatic carbocycles. The molecule has 6 nitrogen and oxygen atoms in total. The molecule has 1 aliphatic rings. The number of alkyl halides is 3. The van der Waals surface area contributed by atoms with Crippen molar-refractivity contribution in [2.24, 2.45) is 4.99 Å². The monoisotopic (exact) mass is 563 g/mol. The van der Waals surface area contributed by atoms with Crippen molar-refractivity contribution in [3.63, 3.8) is 0 Å². The standard InChI is InChI=1S/C19H28F3N3O3S.HI/c1-4-23-17(24-14-18(29(3,26)27)9-11-28-12-10-18)25(2)13-15-5-7-16(8-6-15)19(20,21)22;/h5-8H,4,9-14H2,1-3H3,(H,23,24);1H. The van der Waals surface area contributed by atoms with E-state index in [0.717, 1.165) is 12.1 Å². The van der Waals surface area contributed by atoms with Crippen molar-refractivity contribution in [2.75, 3.05) is 39.6 Å². The van der Waals surface area contributed by atoms with Crippen LogP contribution in [0.15, 0.2) is 29.3 Å². The first-order valence-electron chi connectivity index (χ1n) is 9.41. The van der Waals surface area contributed by atoms with Crippen LogP contribution < -0.4 is 5.32 Å². The fraction of sp³-hybridized carbons (Fsp3) is 0.632. The molecule has 0 aromatic heterocycles. The van der Waals surface area contributed by atoms with Gasteiger partial charge in [0.15, 0.2) is 15.8 Å². The Labute approximate surface area is 193 Å². The number of halogens is 4. The smallest absolute Gasteiger partial charge is 0.381 e. The number of nitrogens with one attached hydrogen (secondary N) is 1. The van der Waals surface area contributed by atoms with Crippen molar-refractivity contribution in [2.45, 2.75) is 37.2 Å². The Balaban J connectivity index is 0.00000450. The van der Waals surface area contributed by atoms with Gasteiger partial charge in [0.05, 0.1) is 16.9 Å². The summed E-state index contributed by atoms with van der Waals surface area (Å²) >= 11 is 0. The molecule has 0 spiro atoms. The molecule has 1 fully saturated rings. The van der Waals surface area contributed by atoms with Gasteiger partial charge in [-0.25, -0.2) is 8.42 Å². The zero-order valence-corrected chi connectivity index (χ0v) is 20.5. The van der Waals surface area contributed by atoms with E-state index in [0.29, 0.717) is 50.7 Å². The third-order valence-corrected chi connectivity index (χ3v) is 7.22. The van der Waals surface area contributed by atoms with Gasteiger partial charge in [0.2, 0.25) is 0 Å². The second kappa shape index (κ2) is 11.0. The molecule has 1 heterocycles. The number of hydrogen-bond acceptors (Lipinski definition) is 4. The van der Waals surface area contributed by atoms with Gasteiger partial charge in [-0.2, -0.15) is 13.2 Å². The van der Waals surface area contributed by atoms with Crippen molar-refractivity contribution >= 4 is 39.8 Å². The van der Waals surface area contributed by atoms with Crippen molar-refractivity contribution < 1.29 is 26.3 Å². The molecule has 11 heteroatoms. The minimum absolute atomic E-state index is 0. The van der Waals surface area contributed by atoms with Gasteiger partial charge >= 0.3 is 6.18 Å². The Morgan fingerprint density at radius 2 is 1.80 bits per heavy atom. The average molecular weight is 563 g/mol. The highest BCUT2D eigenvalue weighted by Gasteiger charge is 2.42. The number of ether oxygens (including phenoxy) is 1. The maximum absolute atomic E-state index is 12.7. The molecule has 0 saturated carbocycles. The lowest BCUT2D eigenvalue weighted by atomic mass is 9.99. The zero-order chi connectivity index (χ0) is 21.7. The number of nitrogens with zero attached hydrogens (tertiary/aromatic N) is 2. The molecule has 0 bridgehead atoms. The molecule has 0 atom stereocenters. The molecule has 30 heavy (non-hydrogen) atoms. The van der Waals surface area contributed by atoms with Crippen LogP contribution in [0.3, 0.4) is 0 Å². The Morgan fingerprint density at radius 3 is 2.27 bits per heavy atom. The largest absolute Gasteiger partial charge is 0.416 e. The molecule has 0 radical (unpaired) electrons. The SMILES string of the molecule is CCNC(=NCC1(S(C)(=O)=O)CCOCC1)N(C)Cc1ccc(C(F)(F)F)cc1.I. The molecule has 2 rings (SSSR count). The molecule has 0 unspecified atom stereocenters. The van der Waals surface area contributed by atoms with E-state index in [1.165, 1.54) is 18.4 Å². The predicted octanol–water partition coefficient (Wildman–Crippen LogP) is 3.31. The van der Waals surface area contributed by atoms with Crippen LogP contribution in [-0.4, -0.2) is 63.6 Å². The second-order valence-corrected chi connectivity index (χ2v) is 9.70. The van der Waals surface area contributed by atoms with Crippen molar-refractivity contribution in [1.82, 2.24) is 10.2 Å². The maximum Gasteiger partial charge on any atom is 0.416 e. The highest BCUT2D eigenvalue weighted by Crippen LogP contribution is 2.30. The molecular weight excluding hydrogens is 534 g/mol. The summed E-state index contributed by atoms with van der Waals surface area (Å²) < 4.78 is 67.3. The van der Waals surface area contributed by atoms with Gasteiger partial charge < -0.3 is 15.0 Å². The first-order chi connectivity index (χ1) is 13.5. The number of hydrogen-bond donors (Lipinski definition) is 1. The number of rotatable bonds is 6. The summed E-state index contributed by atoms with van der Waals surface area (Å²) in [5, 5.41) is 3.12. The summed E-state index contributed by atoms with van der Waals surface area (Å²) in [4.78, 5) is 6.31. The molecule has 1 aromatic carbocycles. The number of guanidine groups is 1. The maximum atomic E-state index is 12.7. The normalized spacial score (nSPS) is 17.2. The van der Waals surface area contributed by atoms with Gasteiger partial charge in [0.25, 0.3) is 0 Å². The zero-order valence-electron chi connectivity index (χ0n) is 17.3. The average Bonchev–Trinajstić information content (AvgIpc) is 2.64. The second-order valence-electron chi connectivity index (χ2n) is 7.29. The highest BCUT2D eigenvalue weighted by atomic mass is 127. The summed E-state index contributed by atoms with van der Waals surface area (Å²) in [5.41, 5.74) is -0.00548. The molecule has 0 amide bonds. The van der Waals surface area contributed by atoms with Crippen LogP contribution in [0.2, 0.25) is 0 Å². The van der Waals surface area contributed by atoms with Gasteiger partial charge in [-0.15, -0.1) is 24.0 Å². The number of benzene rings is 1. The summed E-state index contributed by atoms with van der Waals surface area (Å²) in [6.07, 6.45) is -2.37. The fourth-order valence-corrected chi connectivity index (χ4v) is 4.43. The van der Waals surface area contributed by atoms with Gasteiger partial charge in [-0.1, -0.05) is 12.1 Å². The van der Waals surface area contributed by atoms with Crippen LogP contribution in [0.25, 0.3) is 0 Å². The van der Waals surface area contributed by atoms with Gasteiger partial charge in [0, 0.05) is 39.6 Å². The van der Waals surface area contributed by atoms with Crippen molar-refractivity contribution in [1.29, 1.82) is 0 Å². The van der Waals surface area contributed by atoms with E-state index < -0.39 is 26.3 Å². The molecule has 1 N–H and O–H groups in total. The highest BCUT2D eigenvalue weighted by molar-refractivity contribution is 14.0. The topological polar surface area (TPSA) is 71.0 Å². The van der Waals surface area contributed by atoms with Crippen molar-refractivity contribution in [3.05, 3.63) is 35.4 Å². The fourth-order valence-electron chi connectivity index (χ4n) is 3.23. The molecule has 1 saturated heterocycles. The van der Waals surface area contributed by atoms with Crippen LogP contribution in [0, 0.1) is 0 Å². The summed E-state index contributed by atoms with van der Waals surface area (Å²) in [6.45, 7) is 3.66. The lowest BCUT2D eigenvalue weighted by Gasteiger charge is -2.34. The summed E-state index contributed by atoms with van der Waals surface area (Å²) in [7, 11) is -1.58. The van der Waals surface area contributed by atoms with E-state index in [1.807, 2.05) is 6.92 Å². The molecule has 1 aromatic rings. The van der Waals surface area contributed by atoms with Gasteiger partial charge in [-0.05, 0) is 37.5 Å². The van der Waals surface area contributed by atoms with Gasteiger partial charge in [-0.3, -0.25) is 4.99 Å². The first kappa shape index (κ1) is 27.0.